The van der Waals surface area contributed by atoms with Crippen molar-refractivity contribution in [2.45, 2.75) is 45.8 Å². The van der Waals surface area contributed by atoms with Gasteiger partial charge >= 0.3 is 0 Å². The summed E-state index contributed by atoms with van der Waals surface area (Å²) in [4.78, 5) is 0. The Morgan fingerprint density at radius 2 is 1.46 bits per heavy atom. The van der Waals surface area contributed by atoms with Gasteiger partial charge in [-0.25, -0.2) is 0 Å². The van der Waals surface area contributed by atoms with Crippen LogP contribution >= 0.6 is 0 Å². The molecule has 3 nitrogen and oxygen atoms in total. The Balaban J connectivity index is 2.46. The monoisotopic (exact) mass is 398 g/mol. The van der Waals surface area contributed by atoms with Crippen LogP contribution in [0.3, 0.4) is 0 Å². The Morgan fingerprint density at radius 1 is 1.00 bits per heavy atom. The van der Waals surface area contributed by atoms with Crippen LogP contribution < -0.4 is 10.4 Å². The van der Waals surface area contributed by atoms with Crippen molar-refractivity contribution in [2.75, 3.05) is 13.2 Å². The predicted molar refractivity (Wildman–Crippen MR) is 120 cm³/mol. The number of benzene rings is 2. The second-order valence-electron chi connectivity index (χ2n) is 8.62. The van der Waals surface area contributed by atoms with Crippen molar-refractivity contribution in [3.63, 3.8) is 0 Å². The van der Waals surface area contributed by atoms with Crippen LogP contribution in [-0.4, -0.2) is 37.8 Å². The molecule has 0 fully saturated rings. The molecule has 0 bridgehead atoms. The Morgan fingerprint density at radius 3 is 1.86 bits per heavy atom. The Labute approximate surface area is 170 Å². The first-order valence-electron chi connectivity index (χ1n) is 9.93. The Hall–Kier alpha value is -1.72. The summed E-state index contributed by atoms with van der Waals surface area (Å²) in [5, 5.41) is 21.9. The molecular formula is C24H34O3Si. The van der Waals surface area contributed by atoms with Crippen molar-refractivity contribution in [1.29, 1.82) is 0 Å². The van der Waals surface area contributed by atoms with Crippen molar-refractivity contribution in [3.8, 4) is 0 Å². The van der Waals surface area contributed by atoms with Gasteiger partial charge in [-0.2, -0.15) is 0 Å². The summed E-state index contributed by atoms with van der Waals surface area (Å²) in [7, 11) is -2.57. The fourth-order valence-corrected chi connectivity index (χ4v) is 8.20. The topological polar surface area (TPSA) is 49.7 Å². The molecular weight excluding hydrogens is 364 g/mol. The molecule has 2 aromatic carbocycles. The lowest BCUT2D eigenvalue weighted by molar-refractivity contribution is 0.110. The van der Waals surface area contributed by atoms with Crippen LogP contribution in [0.4, 0.5) is 0 Å². The van der Waals surface area contributed by atoms with Crippen LogP contribution in [0.15, 0.2) is 72.3 Å². The minimum atomic E-state index is -2.57. The number of aliphatic hydroxyl groups excluding tert-OH is 2. The summed E-state index contributed by atoms with van der Waals surface area (Å²) < 4.78 is 6.84. The smallest absolute Gasteiger partial charge is 0.261 e. The second kappa shape index (κ2) is 9.66. The normalized spacial score (nSPS) is 15.3. The largest absolute Gasteiger partial charge is 0.403 e. The molecule has 0 spiro atoms. The molecule has 2 aromatic rings. The zero-order chi connectivity index (χ0) is 20.8. The van der Waals surface area contributed by atoms with Gasteiger partial charge in [-0.3, -0.25) is 0 Å². The maximum atomic E-state index is 10.2. The van der Waals surface area contributed by atoms with Gasteiger partial charge < -0.3 is 14.6 Å². The number of aliphatic hydroxyl groups is 2. The van der Waals surface area contributed by atoms with E-state index in [1.54, 1.807) is 6.08 Å². The summed E-state index contributed by atoms with van der Waals surface area (Å²) >= 11 is 0. The minimum Gasteiger partial charge on any atom is -0.403 e. The highest BCUT2D eigenvalue weighted by Crippen LogP contribution is 2.37. The van der Waals surface area contributed by atoms with E-state index in [1.165, 1.54) is 10.4 Å². The lowest BCUT2D eigenvalue weighted by Gasteiger charge is -2.43. The molecule has 0 aromatic heterocycles. The van der Waals surface area contributed by atoms with Gasteiger partial charge in [0.25, 0.3) is 8.32 Å². The Kier molecular flexibility index (Phi) is 7.78. The third kappa shape index (κ3) is 5.00. The van der Waals surface area contributed by atoms with Gasteiger partial charge in [-0.15, -0.1) is 0 Å². The van der Waals surface area contributed by atoms with Gasteiger partial charge in [0, 0.05) is 12.5 Å². The third-order valence-corrected chi connectivity index (χ3v) is 10.2. The average molecular weight is 399 g/mol. The lowest BCUT2D eigenvalue weighted by atomic mass is 10.0. The third-order valence-electron chi connectivity index (χ3n) is 5.26. The zero-order valence-corrected chi connectivity index (χ0v) is 18.7. The van der Waals surface area contributed by atoms with E-state index in [9.17, 15) is 10.2 Å². The van der Waals surface area contributed by atoms with Crippen LogP contribution in [-0.2, 0) is 4.43 Å². The number of rotatable bonds is 8. The summed E-state index contributed by atoms with van der Waals surface area (Å²) in [5.74, 6) is -0.192. The van der Waals surface area contributed by atoms with Crippen molar-refractivity contribution >= 4 is 18.7 Å². The van der Waals surface area contributed by atoms with E-state index in [1.807, 2.05) is 26.0 Å². The van der Waals surface area contributed by atoms with E-state index in [0.29, 0.717) is 6.61 Å². The molecule has 0 saturated heterocycles. The van der Waals surface area contributed by atoms with Gasteiger partial charge in [0.05, 0.1) is 12.7 Å². The lowest BCUT2D eigenvalue weighted by Crippen LogP contribution is -2.66. The van der Waals surface area contributed by atoms with E-state index in [2.05, 4.69) is 69.3 Å². The van der Waals surface area contributed by atoms with Gasteiger partial charge in [0.15, 0.2) is 0 Å². The molecule has 2 rings (SSSR count). The van der Waals surface area contributed by atoms with Crippen LogP contribution in [0.5, 0.6) is 0 Å². The standard InChI is InChI=1S/C24H34O3Si/c1-19(16-23(26)20(2)17-25)18-27-28(24(3,4)5,21-12-8-6-9-13-21)22-14-10-7-11-15-22/h6-16,20,23,25-26H,17-18H2,1-5H3/b19-16-/t20-,23-/m1/s1. The fraction of sp³-hybridized carbons (Fsp3) is 0.417. The molecule has 0 aliphatic heterocycles. The molecule has 28 heavy (non-hydrogen) atoms. The number of hydrogen-bond donors (Lipinski definition) is 2. The van der Waals surface area contributed by atoms with Crippen molar-refractivity contribution in [3.05, 3.63) is 72.3 Å². The van der Waals surface area contributed by atoms with Crippen LogP contribution in [0.2, 0.25) is 5.04 Å². The summed E-state index contributed by atoms with van der Waals surface area (Å²) in [6, 6.07) is 21.1. The van der Waals surface area contributed by atoms with Gasteiger partial charge in [0.2, 0.25) is 0 Å². The van der Waals surface area contributed by atoms with Crippen LogP contribution in [0.25, 0.3) is 0 Å². The molecule has 0 aliphatic carbocycles. The van der Waals surface area contributed by atoms with E-state index >= 15 is 0 Å². The molecule has 152 valence electrons. The first-order valence-corrected chi connectivity index (χ1v) is 11.8. The van der Waals surface area contributed by atoms with Crippen LogP contribution in [0, 0.1) is 5.92 Å². The maximum Gasteiger partial charge on any atom is 0.261 e. The highest BCUT2D eigenvalue weighted by Gasteiger charge is 2.50. The Bertz CT molecular complexity index is 711. The molecule has 0 aliphatic rings. The molecule has 0 unspecified atom stereocenters. The van der Waals surface area contributed by atoms with Gasteiger partial charge in [-0.1, -0.05) is 100 Å². The van der Waals surface area contributed by atoms with Crippen molar-refractivity contribution in [2.24, 2.45) is 5.92 Å². The van der Waals surface area contributed by atoms with Crippen molar-refractivity contribution in [1.82, 2.24) is 0 Å². The van der Waals surface area contributed by atoms with Crippen molar-refractivity contribution < 1.29 is 14.6 Å². The number of hydrogen-bond acceptors (Lipinski definition) is 3. The van der Waals surface area contributed by atoms with Gasteiger partial charge in [-0.05, 0) is 22.3 Å². The molecule has 2 N–H and O–H groups in total. The minimum absolute atomic E-state index is 0.0412. The SMILES string of the molecule is C/C(=C/[C@@H](O)[C@H](C)CO)CO[Si](c1ccccc1)(c1ccccc1)C(C)(C)C. The molecule has 0 saturated carbocycles. The molecule has 4 heteroatoms. The zero-order valence-electron chi connectivity index (χ0n) is 17.7. The molecule has 0 heterocycles. The first-order chi connectivity index (χ1) is 13.2. The van der Waals surface area contributed by atoms with Gasteiger partial charge in [0.1, 0.15) is 0 Å². The maximum absolute atomic E-state index is 10.2. The van der Waals surface area contributed by atoms with Crippen LogP contribution in [0.1, 0.15) is 34.6 Å². The first kappa shape index (κ1) is 22.6. The van der Waals surface area contributed by atoms with E-state index in [0.717, 1.165) is 5.57 Å². The van der Waals surface area contributed by atoms with E-state index < -0.39 is 14.4 Å². The van der Waals surface area contributed by atoms with E-state index in [4.69, 9.17) is 4.43 Å². The quantitative estimate of drug-likeness (QED) is 0.529. The summed E-state index contributed by atoms with van der Waals surface area (Å²) in [6.45, 7) is 11.0. The fourth-order valence-electron chi connectivity index (χ4n) is 3.60. The molecule has 2 atom stereocenters. The molecule has 0 radical (unpaired) electrons. The highest BCUT2D eigenvalue weighted by molar-refractivity contribution is 6.99. The highest BCUT2D eigenvalue weighted by atomic mass is 28.4. The summed E-state index contributed by atoms with van der Waals surface area (Å²) in [6.07, 6.45) is 1.13. The second-order valence-corrected chi connectivity index (χ2v) is 12.9. The average Bonchev–Trinajstić information content (AvgIpc) is 2.68. The van der Waals surface area contributed by atoms with E-state index in [-0.39, 0.29) is 17.6 Å². The predicted octanol–water partition coefficient (Wildman–Crippen LogP) is 3.50. The molecule has 0 amide bonds. The summed E-state index contributed by atoms with van der Waals surface area (Å²) in [5.41, 5.74) is 0.973.